The highest BCUT2D eigenvalue weighted by Crippen LogP contribution is 2.32. The molecule has 1 aromatic heterocycles. The summed E-state index contributed by atoms with van der Waals surface area (Å²) in [6, 6.07) is 8.75. The number of hydrogen-bond acceptors (Lipinski definition) is 2. The predicted molar refractivity (Wildman–Crippen MR) is 68.0 cm³/mol. The van der Waals surface area contributed by atoms with Crippen molar-refractivity contribution in [2.24, 2.45) is 0 Å². The molecule has 1 unspecified atom stereocenters. The number of rotatable bonds is 2. The summed E-state index contributed by atoms with van der Waals surface area (Å²) in [5, 5.41) is 0. The van der Waals surface area contributed by atoms with Crippen LogP contribution in [0.1, 0.15) is 44.7 Å². The number of nitrogens with zero attached hydrogens (tertiary/aromatic N) is 2. The van der Waals surface area contributed by atoms with Crippen LogP contribution in [0.3, 0.4) is 0 Å². The van der Waals surface area contributed by atoms with Crippen LogP contribution in [-0.2, 0) is 4.74 Å². The first-order valence-electron chi connectivity index (χ1n) is 6.36. The van der Waals surface area contributed by atoms with Crippen LogP contribution in [0, 0.1) is 0 Å². The third kappa shape index (κ3) is 1.75. The smallest absolute Gasteiger partial charge is 0.139 e. The van der Waals surface area contributed by atoms with Gasteiger partial charge in [-0.15, -0.1) is 0 Å². The van der Waals surface area contributed by atoms with Crippen LogP contribution >= 0.6 is 0 Å². The fourth-order valence-corrected chi connectivity index (χ4v) is 2.61. The molecule has 0 aliphatic carbocycles. The fraction of sp³-hybridized carbons (Fsp3) is 0.500. The summed E-state index contributed by atoms with van der Waals surface area (Å²) in [6.07, 6.45) is 2.42. The van der Waals surface area contributed by atoms with E-state index in [2.05, 4.69) is 36.6 Å². The lowest BCUT2D eigenvalue weighted by atomic mass is 10.2. The number of ether oxygens (including phenoxy) is 1. The second-order valence-electron chi connectivity index (χ2n) is 4.92. The summed E-state index contributed by atoms with van der Waals surface area (Å²) in [7, 11) is 0. The van der Waals surface area contributed by atoms with Gasteiger partial charge in [0.2, 0.25) is 0 Å². The second-order valence-corrected chi connectivity index (χ2v) is 4.92. The molecular formula is C14H18N2O. The molecule has 3 nitrogen and oxygen atoms in total. The molecule has 1 aliphatic heterocycles. The Balaban J connectivity index is 2.18. The van der Waals surface area contributed by atoms with Gasteiger partial charge in [0.15, 0.2) is 0 Å². The van der Waals surface area contributed by atoms with Gasteiger partial charge in [-0.25, -0.2) is 4.98 Å². The minimum absolute atomic E-state index is 0.185. The largest absolute Gasteiger partial charge is 0.370 e. The topological polar surface area (TPSA) is 27.1 Å². The highest BCUT2D eigenvalue weighted by Gasteiger charge is 2.25. The van der Waals surface area contributed by atoms with Crippen LogP contribution in [-0.4, -0.2) is 16.2 Å². The van der Waals surface area contributed by atoms with Crippen molar-refractivity contribution >= 4 is 11.0 Å². The molecule has 1 fully saturated rings. The molecule has 3 rings (SSSR count). The van der Waals surface area contributed by atoms with Gasteiger partial charge in [0, 0.05) is 12.6 Å². The molecule has 2 heterocycles. The first-order chi connectivity index (χ1) is 8.27. The molecule has 1 aliphatic rings. The second kappa shape index (κ2) is 4.15. The van der Waals surface area contributed by atoms with Crippen molar-refractivity contribution in [1.82, 2.24) is 9.55 Å². The van der Waals surface area contributed by atoms with E-state index < -0.39 is 0 Å². The minimum Gasteiger partial charge on any atom is -0.370 e. The molecule has 0 amide bonds. The van der Waals surface area contributed by atoms with Crippen LogP contribution in [0.25, 0.3) is 11.0 Å². The Morgan fingerprint density at radius 2 is 2.18 bits per heavy atom. The SMILES string of the molecule is CC(C)n1c(C2CCCO2)nc2ccccc21. The predicted octanol–water partition coefficient (Wildman–Crippen LogP) is 3.47. The third-order valence-electron chi connectivity index (χ3n) is 3.36. The first-order valence-corrected chi connectivity index (χ1v) is 6.36. The van der Waals surface area contributed by atoms with E-state index in [1.807, 2.05) is 6.07 Å². The van der Waals surface area contributed by atoms with Crippen LogP contribution in [0.4, 0.5) is 0 Å². The number of benzene rings is 1. The van der Waals surface area contributed by atoms with Gasteiger partial charge in [-0.3, -0.25) is 0 Å². The highest BCUT2D eigenvalue weighted by molar-refractivity contribution is 5.76. The lowest BCUT2D eigenvalue weighted by Crippen LogP contribution is -2.10. The molecule has 0 spiro atoms. The van der Waals surface area contributed by atoms with Crippen LogP contribution < -0.4 is 0 Å². The number of para-hydroxylation sites is 2. The lowest BCUT2D eigenvalue weighted by molar-refractivity contribution is 0.101. The maximum Gasteiger partial charge on any atom is 0.139 e. The maximum atomic E-state index is 5.78. The molecule has 1 atom stereocenters. The quantitative estimate of drug-likeness (QED) is 0.790. The van der Waals surface area contributed by atoms with E-state index in [9.17, 15) is 0 Å². The average Bonchev–Trinajstić information content (AvgIpc) is 2.95. The van der Waals surface area contributed by atoms with Gasteiger partial charge in [-0.05, 0) is 38.8 Å². The fourth-order valence-electron chi connectivity index (χ4n) is 2.61. The van der Waals surface area contributed by atoms with Gasteiger partial charge in [0.05, 0.1) is 11.0 Å². The molecule has 0 bridgehead atoms. The van der Waals surface area contributed by atoms with Gasteiger partial charge >= 0.3 is 0 Å². The number of aromatic nitrogens is 2. The Labute approximate surface area is 101 Å². The number of imidazole rings is 1. The van der Waals surface area contributed by atoms with Crippen LogP contribution in [0.2, 0.25) is 0 Å². The van der Waals surface area contributed by atoms with Crippen molar-refractivity contribution in [2.75, 3.05) is 6.61 Å². The molecular weight excluding hydrogens is 212 g/mol. The summed E-state index contributed by atoms with van der Waals surface area (Å²) in [4.78, 5) is 4.75. The third-order valence-corrected chi connectivity index (χ3v) is 3.36. The Bertz CT molecular complexity index is 524. The normalized spacial score (nSPS) is 20.5. The lowest BCUT2D eigenvalue weighted by Gasteiger charge is -2.16. The van der Waals surface area contributed by atoms with E-state index in [4.69, 9.17) is 9.72 Å². The number of fused-ring (bicyclic) bond motifs is 1. The zero-order valence-corrected chi connectivity index (χ0v) is 10.4. The number of hydrogen-bond donors (Lipinski definition) is 0. The van der Waals surface area contributed by atoms with Crippen molar-refractivity contribution in [3.63, 3.8) is 0 Å². The summed E-state index contributed by atoms with van der Waals surface area (Å²) in [5.74, 6) is 1.10. The van der Waals surface area contributed by atoms with Crippen molar-refractivity contribution in [2.45, 2.75) is 38.8 Å². The van der Waals surface area contributed by atoms with Gasteiger partial charge < -0.3 is 9.30 Å². The minimum atomic E-state index is 0.185. The Morgan fingerprint density at radius 1 is 1.35 bits per heavy atom. The molecule has 17 heavy (non-hydrogen) atoms. The average molecular weight is 230 g/mol. The monoisotopic (exact) mass is 230 g/mol. The summed E-state index contributed by atoms with van der Waals surface area (Å²) >= 11 is 0. The Kier molecular flexibility index (Phi) is 2.63. The van der Waals surface area contributed by atoms with E-state index in [-0.39, 0.29) is 6.10 Å². The zero-order chi connectivity index (χ0) is 11.8. The summed E-state index contributed by atoms with van der Waals surface area (Å²) < 4.78 is 8.09. The molecule has 90 valence electrons. The van der Waals surface area contributed by atoms with Gasteiger partial charge in [0.25, 0.3) is 0 Å². The highest BCUT2D eigenvalue weighted by atomic mass is 16.5. The standard InChI is InChI=1S/C14H18N2O/c1-10(2)16-12-7-4-3-6-11(12)15-14(16)13-8-5-9-17-13/h3-4,6-7,10,13H,5,8-9H2,1-2H3. The Hall–Kier alpha value is -1.35. The van der Waals surface area contributed by atoms with E-state index in [0.717, 1.165) is 30.8 Å². The first kappa shape index (κ1) is 10.8. The van der Waals surface area contributed by atoms with Crippen LogP contribution in [0.15, 0.2) is 24.3 Å². The molecule has 1 aromatic carbocycles. The molecule has 1 saturated heterocycles. The Morgan fingerprint density at radius 3 is 2.88 bits per heavy atom. The van der Waals surface area contributed by atoms with Crippen LogP contribution in [0.5, 0.6) is 0 Å². The van der Waals surface area contributed by atoms with Crippen molar-refractivity contribution in [3.05, 3.63) is 30.1 Å². The van der Waals surface area contributed by atoms with Crippen molar-refractivity contribution < 1.29 is 4.74 Å². The van der Waals surface area contributed by atoms with Gasteiger partial charge in [-0.1, -0.05) is 12.1 Å². The molecule has 0 radical (unpaired) electrons. The van der Waals surface area contributed by atoms with Gasteiger partial charge in [0.1, 0.15) is 11.9 Å². The van der Waals surface area contributed by atoms with Crippen molar-refractivity contribution in [1.29, 1.82) is 0 Å². The van der Waals surface area contributed by atoms with E-state index in [1.54, 1.807) is 0 Å². The van der Waals surface area contributed by atoms with Gasteiger partial charge in [-0.2, -0.15) is 0 Å². The molecule has 3 heteroatoms. The maximum absolute atomic E-state index is 5.78. The zero-order valence-electron chi connectivity index (χ0n) is 10.4. The summed E-state index contributed by atoms with van der Waals surface area (Å²) in [5.41, 5.74) is 2.29. The van der Waals surface area contributed by atoms with Crippen molar-refractivity contribution in [3.8, 4) is 0 Å². The van der Waals surface area contributed by atoms with E-state index in [1.165, 1.54) is 5.52 Å². The molecule has 0 N–H and O–H groups in total. The molecule has 2 aromatic rings. The van der Waals surface area contributed by atoms with E-state index in [0.29, 0.717) is 6.04 Å². The summed E-state index contributed by atoms with van der Waals surface area (Å²) in [6.45, 7) is 5.27. The molecule has 0 saturated carbocycles. The van der Waals surface area contributed by atoms with E-state index >= 15 is 0 Å².